The summed E-state index contributed by atoms with van der Waals surface area (Å²) in [6, 6.07) is -0.0544. The lowest BCUT2D eigenvalue weighted by Gasteiger charge is -2.32. The Balaban J connectivity index is 2.55. The smallest absolute Gasteiger partial charge is 0.407 e. The number of nitrogens with one attached hydrogen (secondary N) is 1. The van der Waals surface area contributed by atoms with Gasteiger partial charge < -0.3 is 15.3 Å². The Bertz CT molecular complexity index is 210. The fourth-order valence-corrected chi connectivity index (χ4v) is 1.33. The quantitative estimate of drug-likeness (QED) is 0.540. The summed E-state index contributed by atoms with van der Waals surface area (Å²) in [6.07, 6.45) is 4.73. The highest BCUT2D eigenvalue weighted by Gasteiger charge is 2.24. The number of hydrogen-bond donors (Lipinski definition) is 2. The molecular formula is C8H12N2O2. The minimum atomic E-state index is -0.878. The molecule has 1 atom stereocenters. The lowest BCUT2D eigenvalue weighted by Crippen LogP contribution is -2.53. The Morgan fingerprint density at radius 2 is 2.58 bits per heavy atom. The molecule has 1 amide bonds. The van der Waals surface area contributed by atoms with Crippen LogP contribution in [-0.2, 0) is 0 Å². The van der Waals surface area contributed by atoms with Gasteiger partial charge in [0.2, 0.25) is 0 Å². The van der Waals surface area contributed by atoms with E-state index < -0.39 is 6.09 Å². The summed E-state index contributed by atoms with van der Waals surface area (Å²) in [5, 5.41) is 11.9. The molecule has 1 fully saturated rings. The molecule has 1 aliphatic heterocycles. The Hall–Kier alpha value is -1.21. The molecule has 0 aromatic heterocycles. The largest absolute Gasteiger partial charge is 0.465 e. The van der Waals surface area contributed by atoms with E-state index in [0.29, 0.717) is 26.1 Å². The van der Waals surface area contributed by atoms with E-state index in [1.807, 2.05) is 0 Å². The third-order valence-corrected chi connectivity index (χ3v) is 1.95. The second-order valence-electron chi connectivity index (χ2n) is 2.74. The predicted molar refractivity (Wildman–Crippen MR) is 44.8 cm³/mol. The van der Waals surface area contributed by atoms with Crippen LogP contribution in [0.15, 0.2) is 0 Å². The van der Waals surface area contributed by atoms with Gasteiger partial charge in [-0.15, -0.1) is 12.3 Å². The van der Waals surface area contributed by atoms with Crippen LogP contribution in [-0.4, -0.2) is 41.8 Å². The van der Waals surface area contributed by atoms with Gasteiger partial charge in [0.15, 0.2) is 0 Å². The van der Waals surface area contributed by atoms with Gasteiger partial charge in [-0.05, 0) is 0 Å². The first-order chi connectivity index (χ1) is 5.75. The van der Waals surface area contributed by atoms with Crippen LogP contribution < -0.4 is 5.32 Å². The molecule has 0 radical (unpaired) electrons. The van der Waals surface area contributed by atoms with E-state index in [1.54, 1.807) is 0 Å². The maximum absolute atomic E-state index is 10.7. The molecule has 0 spiro atoms. The molecule has 1 rings (SSSR count). The van der Waals surface area contributed by atoms with E-state index in [0.717, 1.165) is 0 Å². The van der Waals surface area contributed by atoms with Gasteiger partial charge in [0.05, 0.1) is 6.04 Å². The number of carboxylic acid groups (broad SMARTS) is 1. The molecule has 2 N–H and O–H groups in total. The maximum atomic E-state index is 10.7. The van der Waals surface area contributed by atoms with Crippen molar-refractivity contribution in [3.05, 3.63) is 0 Å². The Kier molecular flexibility index (Phi) is 2.94. The van der Waals surface area contributed by atoms with Crippen molar-refractivity contribution in [1.29, 1.82) is 0 Å². The van der Waals surface area contributed by atoms with Crippen molar-refractivity contribution in [2.75, 3.05) is 19.6 Å². The highest BCUT2D eigenvalue weighted by Crippen LogP contribution is 2.06. The Morgan fingerprint density at radius 3 is 3.17 bits per heavy atom. The number of hydrogen-bond acceptors (Lipinski definition) is 2. The maximum Gasteiger partial charge on any atom is 0.407 e. The van der Waals surface area contributed by atoms with Crippen molar-refractivity contribution in [2.45, 2.75) is 12.5 Å². The lowest BCUT2D eigenvalue weighted by molar-refractivity contribution is 0.113. The van der Waals surface area contributed by atoms with Gasteiger partial charge in [-0.3, -0.25) is 0 Å². The number of nitrogens with zero attached hydrogens (tertiary/aromatic N) is 1. The first kappa shape index (κ1) is 8.88. The summed E-state index contributed by atoms with van der Waals surface area (Å²) in [4.78, 5) is 12.1. The van der Waals surface area contributed by atoms with Crippen LogP contribution in [0.25, 0.3) is 0 Å². The van der Waals surface area contributed by atoms with E-state index in [1.165, 1.54) is 4.90 Å². The summed E-state index contributed by atoms with van der Waals surface area (Å²) < 4.78 is 0. The molecular weight excluding hydrogens is 156 g/mol. The van der Waals surface area contributed by atoms with E-state index in [2.05, 4.69) is 11.2 Å². The third kappa shape index (κ3) is 1.89. The molecule has 0 aliphatic carbocycles. The number of terminal acetylenes is 1. The molecule has 4 nitrogen and oxygen atoms in total. The van der Waals surface area contributed by atoms with Crippen LogP contribution in [0.1, 0.15) is 6.42 Å². The summed E-state index contributed by atoms with van der Waals surface area (Å²) >= 11 is 0. The first-order valence-corrected chi connectivity index (χ1v) is 3.89. The van der Waals surface area contributed by atoms with Crippen molar-refractivity contribution in [1.82, 2.24) is 10.2 Å². The van der Waals surface area contributed by atoms with Crippen LogP contribution in [0.5, 0.6) is 0 Å². The van der Waals surface area contributed by atoms with Crippen LogP contribution in [0.4, 0.5) is 4.79 Å². The van der Waals surface area contributed by atoms with Gasteiger partial charge in [0.1, 0.15) is 0 Å². The third-order valence-electron chi connectivity index (χ3n) is 1.95. The van der Waals surface area contributed by atoms with Crippen molar-refractivity contribution in [3.63, 3.8) is 0 Å². The Labute approximate surface area is 71.6 Å². The van der Waals surface area contributed by atoms with Crippen LogP contribution in [0.3, 0.4) is 0 Å². The molecule has 0 aromatic rings. The zero-order valence-corrected chi connectivity index (χ0v) is 6.79. The topological polar surface area (TPSA) is 52.6 Å². The molecule has 1 aliphatic rings. The van der Waals surface area contributed by atoms with Crippen LogP contribution >= 0.6 is 0 Å². The Morgan fingerprint density at radius 1 is 1.83 bits per heavy atom. The molecule has 0 unspecified atom stereocenters. The van der Waals surface area contributed by atoms with Crippen molar-refractivity contribution >= 4 is 6.09 Å². The summed E-state index contributed by atoms with van der Waals surface area (Å²) in [6.45, 7) is 1.91. The zero-order chi connectivity index (χ0) is 8.97. The van der Waals surface area contributed by atoms with E-state index in [4.69, 9.17) is 11.5 Å². The predicted octanol–water partition coefficient (Wildman–Crippen LogP) is -0.0385. The van der Waals surface area contributed by atoms with Gasteiger partial charge >= 0.3 is 6.09 Å². The highest BCUT2D eigenvalue weighted by atomic mass is 16.4. The summed E-state index contributed by atoms with van der Waals surface area (Å²) in [5.74, 6) is 2.48. The fourth-order valence-electron chi connectivity index (χ4n) is 1.33. The normalized spacial score (nSPS) is 23.2. The molecule has 0 bridgehead atoms. The molecule has 1 heterocycles. The molecule has 0 saturated carbocycles. The number of carbonyl (C=O) groups is 1. The zero-order valence-electron chi connectivity index (χ0n) is 6.79. The highest BCUT2D eigenvalue weighted by molar-refractivity contribution is 5.65. The number of piperazine rings is 1. The average Bonchev–Trinajstić information content (AvgIpc) is 2.05. The van der Waals surface area contributed by atoms with E-state index >= 15 is 0 Å². The van der Waals surface area contributed by atoms with Gasteiger partial charge in [0.25, 0.3) is 0 Å². The molecule has 1 saturated heterocycles. The minimum absolute atomic E-state index is 0.0544. The molecule has 12 heavy (non-hydrogen) atoms. The minimum Gasteiger partial charge on any atom is -0.465 e. The van der Waals surface area contributed by atoms with Gasteiger partial charge in [-0.1, -0.05) is 0 Å². The average molecular weight is 168 g/mol. The number of rotatable bonds is 1. The van der Waals surface area contributed by atoms with Crippen LogP contribution in [0, 0.1) is 12.3 Å². The molecule has 4 heteroatoms. The first-order valence-electron chi connectivity index (χ1n) is 3.89. The summed E-state index contributed by atoms with van der Waals surface area (Å²) in [7, 11) is 0. The van der Waals surface area contributed by atoms with Crippen LogP contribution in [0.2, 0.25) is 0 Å². The second kappa shape index (κ2) is 3.98. The van der Waals surface area contributed by atoms with Gasteiger partial charge in [0, 0.05) is 26.1 Å². The summed E-state index contributed by atoms with van der Waals surface area (Å²) in [5.41, 5.74) is 0. The van der Waals surface area contributed by atoms with E-state index in [-0.39, 0.29) is 6.04 Å². The van der Waals surface area contributed by atoms with E-state index in [9.17, 15) is 4.79 Å². The molecule has 0 aromatic carbocycles. The SMILES string of the molecule is C#CC[C@H]1CNCCN1C(=O)O. The fraction of sp³-hybridized carbons (Fsp3) is 0.625. The number of amides is 1. The van der Waals surface area contributed by atoms with Crippen molar-refractivity contribution < 1.29 is 9.90 Å². The van der Waals surface area contributed by atoms with Crippen molar-refractivity contribution in [3.8, 4) is 12.3 Å². The lowest BCUT2D eigenvalue weighted by atomic mass is 10.1. The second-order valence-corrected chi connectivity index (χ2v) is 2.74. The van der Waals surface area contributed by atoms with Crippen molar-refractivity contribution in [2.24, 2.45) is 0 Å². The van der Waals surface area contributed by atoms with Gasteiger partial charge in [-0.25, -0.2) is 4.79 Å². The molecule has 66 valence electrons. The monoisotopic (exact) mass is 168 g/mol. The van der Waals surface area contributed by atoms with Gasteiger partial charge in [-0.2, -0.15) is 0 Å². The standard InChI is InChI=1S/C8H12N2O2/c1-2-3-7-6-9-4-5-10(7)8(11)12/h1,7,9H,3-6H2,(H,11,12)/t7-/m0/s1.